The summed E-state index contributed by atoms with van der Waals surface area (Å²) in [6.45, 7) is 2.24. The molecule has 0 aliphatic heterocycles. The Hall–Kier alpha value is -3.58. The van der Waals surface area contributed by atoms with Crippen molar-refractivity contribution in [2.24, 2.45) is 0 Å². The summed E-state index contributed by atoms with van der Waals surface area (Å²) in [7, 11) is 0. The van der Waals surface area contributed by atoms with E-state index in [1.54, 1.807) is 0 Å². The fourth-order valence-corrected chi connectivity index (χ4v) is 4.82. The third kappa shape index (κ3) is 2.63. The zero-order valence-electron chi connectivity index (χ0n) is 17.0. The third-order valence-corrected chi connectivity index (χ3v) is 6.34. The zero-order chi connectivity index (χ0) is 20.1. The first-order chi connectivity index (χ1) is 14.8. The molecule has 0 saturated heterocycles. The predicted octanol–water partition coefficient (Wildman–Crippen LogP) is 7.91. The van der Waals surface area contributed by atoms with E-state index >= 15 is 0 Å². The number of furan rings is 1. The fraction of sp³-hybridized carbons (Fsp3) is 0.103. The van der Waals surface area contributed by atoms with Crippen LogP contribution in [-0.2, 0) is 12.8 Å². The molecule has 0 spiro atoms. The molecule has 0 radical (unpaired) electrons. The van der Waals surface area contributed by atoms with Crippen LogP contribution in [0, 0.1) is 0 Å². The SMILES string of the molecule is CCc1ccc2c(c1-c1ccc3ccccc3c1)C=C(c1occ3ccccc13)C2. The highest BCUT2D eigenvalue weighted by molar-refractivity contribution is 6.01. The van der Waals surface area contributed by atoms with Crippen LogP contribution in [0.15, 0.2) is 89.5 Å². The average molecular weight is 386 g/mol. The molecule has 1 aliphatic carbocycles. The van der Waals surface area contributed by atoms with E-state index in [1.165, 1.54) is 49.5 Å². The molecule has 0 bridgehead atoms. The van der Waals surface area contributed by atoms with Gasteiger partial charge in [-0.1, -0.05) is 79.7 Å². The maximum Gasteiger partial charge on any atom is 0.138 e. The van der Waals surface area contributed by atoms with Crippen LogP contribution in [0.3, 0.4) is 0 Å². The van der Waals surface area contributed by atoms with Crippen LogP contribution in [-0.4, -0.2) is 0 Å². The molecule has 30 heavy (non-hydrogen) atoms. The molecule has 1 aliphatic rings. The van der Waals surface area contributed by atoms with Crippen molar-refractivity contribution in [1.82, 2.24) is 0 Å². The minimum absolute atomic E-state index is 0.914. The molecule has 0 saturated carbocycles. The van der Waals surface area contributed by atoms with Crippen molar-refractivity contribution in [3.05, 3.63) is 108 Å². The molecule has 4 aromatic carbocycles. The van der Waals surface area contributed by atoms with E-state index in [0.717, 1.165) is 24.0 Å². The summed E-state index contributed by atoms with van der Waals surface area (Å²) in [5.74, 6) is 1.00. The van der Waals surface area contributed by atoms with Gasteiger partial charge in [-0.3, -0.25) is 0 Å². The lowest BCUT2D eigenvalue weighted by molar-refractivity contribution is 0.557. The summed E-state index contributed by atoms with van der Waals surface area (Å²) in [6, 6.07) is 28.4. The highest BCUT2D eigenvalue weighted by Gasteiger charge is 2.23. The maximum atomic E-state index is 6.02. The van der Waals surface area contributed by atoms with Gasteiger partial charge in [-0.05, 0) is 57.2 Å². The van der Waals surface area contributed by atoms with Gasteiger partial charge in [-0.25, -0.2) is 0 Å². The molecular formula is C29H22O. The number of aryl methyl sites for hydroxylation is 1. The van der Waals surface area contributed by atoms with Crippen LogP contribution in [0.2, 0.25) is 0 Å². The Bertz CT molecular complexity index is 1450. The van der Waals surface area contributed by atoms with E-state index in [2.05, 4.69) is 91.9 Å². The van der Waals surface area contributed by atoms with Crippen LogP contribution in [0.25, 0.3) is 44.3 Å². The number of benzene rings is 4. The van der Waals surface area contributed by atoms with Crippen molar-refractivity contribution in [2.45, 2.75) is 19.8 Å². The van der Waals surface area contributed by atoms with Gasteiger partial charge in [0.1, 0.15) is 5.76 Å². The Morgan fingerprint density at radius 1 is 0.800 bits per heavy atom. The van der Waals surface area contributed by atoms with E-state index in [-0.39, 0.29) is 0 Å². The van der Waals surface area contributed by atoms with E-state index < -0.39 is 0 Å². The highest BCUT2D eigenvalue weighted by atomic mass is 16.3. The number of allylic oxidation sites excluding steroid dienone is 1. The summed E-state index contributed by atoms with van der Waals surface area (Å²) in [4.78, 5) is 0. The Labute approximate surface area is 176 Å². The number of hydrogen-bond donors (Lipinski definition) is 0. The second kappa shape index (κ2) is 6.74. The molecule has 1 nitrogen and oxygen atoms in total. The standard InChI is InChI=1S/C29H22O/c1-2-19-11-13-22-16-25(29-26-10-6-5-9-24(26)18-30-29)17-27(22)28(19)23-14-12-20-7-3-4-8-21(20)15-23/h3-15,17-18H,2,16H2,1H3. The van der Waals surface area contributed by atoms with Gasteiger partial charge in [0.2, 0.25) is 0 Å². The molecule has 1 aromatic heterocycles. The number of rotatable bonds is 3. The van der Waals surface area contributed by atoms with Crippen LogP contribution in [0.1, 0.15) is 29.4 Å². The zero-order valence-corrected chi connectivity index (χ0v) is 17.0. The van der Waals surface area contributed by atoms with Crippen molar-refractivity contribution in [3.8, 4) is 11.1 Å². The first-order valence-electron chi connectivity index (χ1n) is 10.6. The summed E-state index contributed by atoms with van der Waals surface area (Å²) in [5, 5.41) is 4.92. The first kappa shape index (κ1) is 17.3. The molecule has 5 aromatic rings. The van der Waals surface area contributed by atoms with Crippen LogP contribution in [0.4, 0.5) is 0 Å². The lowest BCUT2D eigenvalue weighted by Crippen LogP contribution is -1.94. The monoisotopic (exact) mass is 386 g/mol. The minimum Gasteiger partial charge on any atom is -0.463 e. The van der Waals surface area contributed by atoms with Crippen LogP contribution < -0.4 is 0 Å². The van der Waals surface area contributed by atoms with E-state index in [4.69, 9.17) is 4.42 Å². The lowest BCUT2D eigenvalue weighted by Gasteiger charge is -2.14. The summed E-state index contributed by atoms with van der Waals surface area (Å²) < 4.78 is 6.02. The molecular weight excluding hydrogens is 364 g/mol. The predicted molar refractivity (Wildman–Crippen MR) is 127 cm³/mol. The molecule has 6 rings (SSSR count). The largest absolute Gasteiger partial charge is 0.463 e. The van der Waals surface area contributed by atoms with Crippen molar-refractivity contribution in [3.63, 3.8) is 0 Å². The fourth-order valence-electron chi connectivity index (χ4n) is 4.82. The highest BCUT2D eigenvalue weighted by Crippen LogP contribution is 2.42. The first-order valence-corrected chi connectivity index (χ1v) is 10.6. The second-order valence-electron chi connectivity index (χ2n) is 8.09. The van der Waals surface area contributed by atoms with Gasteiger partial charge in [-0.2, -0.15) is 0 Å². The van der Waals surface area contributed by atoms with Crippen LogP contribution >= 0.6 is 0 Å². The molecule has 144 valence electrons. The van der Waals surface area contributed by atoms with Crippen LogP contribution in [0.5, 0.6) is 0 Å². The molecule has 0 amide bonds. The van der Waals surface area contributed by atoms with Crippen molar-refractivity contribution >= 4 is 33.2 Å². The van der Waals surface area contributed by atoms with Crippen molar-refractivity contribution in [2.75, 3.05) is 0 Å². The third-order valence-electron chi connectivity index (χ3n) is 6.34. The normalized spacial score (nSPS) is 13.0. The molecule has 0 N–H and O–H groups in total. The quantitative estimate of drug-likeness (QED) is 0.307. The Balaban J connectivity index is 1.55. The second-order valence-corrected chi connectivity index (χ2v) is 8.09. The molecule has 1 heterocycles. The number of hydrogen-bond acceptors (Lipinski definition) is 1. The van der Waals surface area contributed by atoms with Gasteiger partial charge < -0.3 is 4.42 Å². The molecule has 0 atom stereocenters. The lowest BCUT2D eigenvalue weighted by atomic mass is 9.90. The van der Waals surface area contributed by atoms with E-state index in [1.807, 2.05) is 6.26 Å². The van der Waals surface area contributed by atoms with Gasteiger partial charge in [0.05, 0.1) is 6.26 Å². The average Bonchev–Trinajstić information content (AvgIpc) is 3.42. The van der Waals surface area contributed by atoms with Gasteiger partial charge in [0, 0.05) is 22.8 Å². The summed E-state index contributed by atoms with van der Waals surface area (Å²) in [6.07, 6.45) is 6.15. The molecule has 0 unspecified atom stereocenters. The Kier molecular flexibility index (Phi) is 3.89. The summed E-state index contributed by atoms with van der Waals surface area (Å²) in [5.41, 5.74) is 8.05. The Morgan fingerprint density at radius 3 is 2.47 bits per heavy atom. The minimum atomic E-state index is 0.914. The van der Waals surface area contributed by atoms with E-state index in [0.29, 0.717) is 0 Å². The van der Waals surface area contributed by atoms with Crippen molar-refractivity contribution < 1.29 is 4.42 Å². The van der Waals surface area contributed by atoms with Crippen molar-refractivity contribution in [1.29, 1.82) is 0 Å². The van der Waals surface area contributed by atoms with Gasteiger partial charge in [-0.15, -0.1) is 0 Å². The smallest absolute Gasteiger partial charge is 0.138 e. The van der Waals surface area contributed by atoms with Gasteiger partial charge >= 0.3 is 0 Å². The molecule has 0 fully saturated rings. The topological polar surface area (TPSA) is 13.1 Å². The summed E-state index contributed by atoms with van der Waals surface area (Å²) >= 11 is 0. The molecule has 1 heteroatoms. The maximum absolute atomic E-state index is 6.02. The van der Waals surface area contributed by atoms with E-state index in [9.17, 15) is 0 Å². The Morgan fingerprint density at radius 2 is 1.60 bits per heavy atom. The van der Waals surface area contributed by atoms with Gasteiger partial charge in [0.15, 0.2) is 0 Å². The van der Waals surface area contributed by atoms with Gasteiger partial charge in [0.25, 0.3) is 0 Å². The number of fused-ring (bicyclic) bond motifs is 3.